The van der Waals surface area contributed by atoms with Crippen molar-refractivity contribution in [1.29, 1.82) is 0 Å². The zero-order valence-electron chi connectivity index (χ0n) is 43.4. The van der Waals surface area contributed by atoms with Gasteiger partial charge in [0.1, 0.15) is 35.9 Å². The normalized spacial score (nSPS) is 21.6. The molecule has 0 spiro atoms. The van der Waals surface area contributed by atoms with E-state index in [1.807, 2.05) is 48.6 Å². The Morgan fingerprint density at radius 2 is 1.62 bits per heavy atom. The predicted octanol–water partition coefficient (Wildman–Crippen LogP) is 4.46. The molecule has 3 aromatic rings. The average Bonchev–Trinajstić information content (AvgIpc) is 3.98. The average molecular weight is 1130 g/mol. The predicted molar refractivity (Wildman–Crippen MR) is 295 cm³/mol. The number of benzene rings is 4. The Hall–Kier alpha value is -6.19. The van der Waals surface area contributed by atoms with Crippen LogP contribution in [0.4, 0.5) is 5.69 Å². The van der Waals surface area contributed by atoms with Gasteiger partial charge >= 0.3 is 0 Å². The number of aliphatic hydroxyl groups excluding tert-OH is 3. The van der Waals surface area contributed by atoms with Gasteiger partial charge < -0.3 is 74.7 Å². The first-order valence-corrected chi connectivity index (χ1v) is 27.8. The molecule has 3 aromatic carbocycles. The highest BCUT2D eigenvalue weighted by Crippen LogP contribution is 2.44. The summed E-state index contributed by atoms with van der Waals surface area (Å²) in [4.78, 5) is 38.1. The summed E-state index contributed by atoms with van der Waals surface area (Å²) in [6.07, 6.45) is 4.64. The number of phenolic OH excluding ortho intramolecular Hbond substituents is 1. The summed E-state index contributed by atoms with van der Waals surface area (Å²) in [5, 5.41) is 65.0. The lowest BCUT2D eigenvalue weighted by atomic mass is 9.90. The molecule has 2 aliphatic heterocycles. The largest absolute Gasteiger partial charge is 0.726 e. The van der Waals surface area contributed by atoms with E-state index in [9.17, 15) is 52.9 Å². The van der Waals surface area contributed by atoms with Crippen LogP contribution in [0.3, 0.4) is 0 Å². The molecule has 1 saturated carbocycles. The number of rotatable bonds is 27. The number of amides is 2. The van der Waals surface area contributed by atoms with E-state index in [-0.39, 0.29) is 91.6 Å². The zero-order chi connectivity index (χ0) is 56.5. The summed E-state index contributed by atoms with van der Waals surface area (Å²) in [5.74, 6) is -1.32. The Morgan fingerprint density at radius 3 is 2.39 bits per heavy atom. The van der Waals surface area contributed by atoms with Crippen LogP contribution in [0.2, 0.25) is 0 Å². The minimum Gasteiger partial charge on any atom is -0.726 e. The molecule has 8 unspecified atom stereocenters. The molecule has 0 aromatic heterocycles. The van der Waals surface area contributed by atoms with Crippen LogP contribution >= 0.6 is 12.2 Å². The maximum absolute atomic E-state index is 13.5. The molecular weight excluding hydrogens is 1060 g/mol. The Kier molecular flexibility index (Phi) is 22.4. The van der Waals surface area contributed by atoms with Crippen molar-refractivity contribution in [2.75, 3.05) is 64.6 Å². The highest BCUT2D eigenvalue weighted by atomic mass is 32.3. The van der Waals surface area contributed by atoms with Gasteiger partial charge in [-0.15, -0.1) is 0 Å². The Morgan fingerprint density at radius 1 is 0.861 bits per heavy atom. The zero-order valence-corrected chi connectivity index (χ0v) is 45.1. The molecule has 0 radical (unpaired) electrons. The van der Waals surface area contributed by atoms with E-state index in [0.29, 0.717) is 58.0 Å². The molecule has 7 rings (SSSR count). The molecule has 2 amide bonds. The quantitative estimate of drug-likeness (QED) is 0.00666. The Balaban J connectivity index is 0.767. The van der Waals surface area contributed by atoms with Crippen molar-refractivity contribution >= 4 is 62.3 Å². The van der Waals surface area contributed by atoms with E-state index in [2.05, 4.69) is 31.5 Å². The number of unbranched alkanes of at least 4 members (excludes halogenated alkanes) is 2. The van der Waals surface area contributed by atoms with E-state index >= 15 is 0 Å². The van der Waals surface area contributed by atoms with Crippen LogP contribution in [0.1, 0.15) is 56.4 Å². The molecule has 9 N–H and O–H groups in total. The van der Waals surface area contributed by atoms with E-state index < -0.39 is 53.8 Å². The molecule has 1 saturated heterocycles. The number of carbonyl (C=O) groups is 2. The maximum atomic E-state index is 13.5. The number of thiocarbonyl (C=S) groups is 1. The van der Waals surface area contributed by atoms with Crippen molar-refractivity contribution in [1.82, 2.24) is 16.0 Å². The number of fused-ring (bicyclic) bond motifs is 2. The molecule has 23 heteroatoms. The monoisotopic (exact) mass is 1130 g/mol. The number of nitrogens with one attached hydrogen (secondary N) is 4. The van der Waals surface area contributed by atoms with Gasteiger partial charge in [0.25, 0.3) is 0 Å². The minimum absolute atomic E-state index is 0.0303. The summed E-state index contributed by atoms with van der Waals surface area (Å²) in [5.41, 5.74) is 3.44. The van der Waals surface area contributed by atoms with Gasteiger partial charge in [0.15, 0.2) is 23.1 Å². The number of phenols is 1. The van der Waals surface area contributed by atoms with E-state index in [0.717, 1.165) is 31.2 Å². The summed E-state index contributed by atoms with van der Waals surface area (Å²) in [6, 6.07) is 23.9. The molecule has 2 heterocycles. The highest BCUT2D eigenvalue weighted by Gasteiger charge is 2.43. The first-order chi connectivity index (χ1) is 37.9. The third-order valence-electron chi connectivity index (χ3n) is 13.6. The van der Waals surface area contributed by atoms with Gasteiger partial charge in [-0.05, 0) is 104 Å². The lowest BCUT2D eigenvalue weighted by Gasteiger charge is -2.41. The second kappa shape index (κ2) is 29.3. The minimum atomic E-state index is -5.04. The van der Waals surface area contributed by atoms with Crippen LogP contribution in [-0.4, -0.2) is 139 Å². The van der Waals surface area contributed by atoms with Crippen molar-refractivity contribution in [2.45, 2.75) is 69.9 Å². The van der Waals surface area contributed by atoms with Gasteiger partial charge in [-0.1, -0.05) is 67.6 Å². The Bertz CT molecular complexity index is 3030. The van der Waals surface area contributed by atoms with Crippen LogP contribution in [0.25, 0.3) is 39.5 Å². The van der Waals surface area contributed by atoms with Gasteiger partial charge in [0.05, 0.1) is 39.1 Å². The molecule has 2 fully saturated rings. The number of aromatic hydroxyl groups is 1. The number of hydrogen-bond acceptors (Lipinski definition) is 18. The molecule has 2 aliphatic carbocycles. The van der Waals surface area contributed by atoms with Gasteiger partial charge in [0, 0.05) is 71.4 Å². The SMILES string of the molecule is CC1C(O)C(COS(=O)(=O)[O-])OC(OCCNC(=O)C2CC(/C=C/c3ccccc3)CC2C=CCOCCOCC(=O)NCCCCCNC(=S)Nc2ccc(-c3c4ccc(=O)cc-4oc4cc(O)ccc34)c(C(O)O)c2)C1O. The van der Waals surface area contributed by atoms with Crippen molar-refractivity contribution < 1.29 is 75.6 Å². The van der Waals surface area contributed by atoms with Crippen LogP contribution in [0.15, 0.2) is 112 Å². The van der Waals surface area contributed by atoms with Crippen LogP contribution in [-0.2, 0) is 43.1 Å². The first kappa shape index (κ1) is 60.5. The number of anilines is 1. The fraction of sp³-hybridized carbons (Fsp3) is 0.429. The number of carbonyl (C=O) groups excluding carboxylic acids is 2. The molecule has 21 nitrogen and oxygen atoms in total. The van der Waals surface area contributed by atoms with E-state index in [1.54, 1.807) is 30.3 Å². The number of aliphatic hydroxyl groups is 4. The van der Waals surface area contributed by atoms with Crippen molar-refractivity contribution in [3.05, 3.63) is 125 Å². The molecule has 4 aliphatic rings. The second-order valence-corrected chi connectivity index (χ2v) is 20.8. The van der Waals surface area contributed by atoms with E-state index in [4.69, 9.17) is 35.6 Å². The summed E-state index contributed by atoms with van der Waals surface area (Å²) >= 11 is 5.50. The van der Waals surface area contributed by atoms with Crippen LogP contribution < -0.4 is 26.7 Å². The van der Waals surface area contributed by atoms with Crippen LogP contribution in [0.5, 0.6) is 5.75 Å². The number of hydrogen-bond donors (Lipinski definition) is 9. The summed E-state index contributed by atoms with van der Waals surface area (Å²) in [6.45, 7) is 2.36. The van der Waals surface area contributed by atoms with Gasteiger partial charge in [-0.25, -0.2) is 8.42 Å². The van der Waals surface area contributed by atoms with Gasteiger partial charge in [0.2, 0.25) is 22.2 Å². The fourth-order valence-electron chi connectivity index (χ4n) is 9.60. The van der Waals surface area contributed by atoms with Crippen molar-refractivity contribution in [3.8, 4) is 28.2 Å². The van der Waals surface area contributed by atoms with Gasteiger partial charge in [-0.3, -0.25) is 18.6 Å². The third-order valence-corrected chi connectivity index (χ3v) is 14.3. The Labute approximate surface area is 462 Å². The van der Waals surface area contributed by atoms with Crippen LogP contribution in [0, 0.1) is 23.7 Å². The molecular formula is C56H67N4O17S2-. The van der Waals surface area contributed by atoms with E-state index in [1.165, 1.54) is 31.2 Å². The number of allylic oxidation sites excluding steroid dienone is 2. The maximum Gasteiger partial charge on any atom is 0.245 e. The standard InChI is InChI=1S/C56H68N4O17S2/c1-34-51(64)48(32-75-79(69,70)71)77-55(52(34)65)74-24-22-58-53(66)44-28-36(13-12-35-9-4-2-5-10-35)27-37(44)11-8-23-72-25-26-73-33-49(63)57-20-6-3-7-21-59-56(78)60-38-14-17-41(45(29-38)54(67)68)50-42-18-15-39(61)30-46(42)76-47-31-40(62)16-19-43(47)50/h2,4-5,8-19,29-31,34,36-37,44,48,51-52,54-55,61,64-65,67-68H,3,6-7,20-28,32-33H2,1H3,(H,57,63)(H,58,66)(H2,59,60,78)(H,69,70,71)/p-1/b11-8?,13-12+. The van der Waals surface area contributed by atoms with Gasteiger partial charge in [-0.2, -0.15) is 0 Å². The molecule has 0 bridgehead atoms. The topological polar surface area (TPSA) is 317 Å². The second-order valence-electron chi connectivity index (χ2n) is 19.3. The molecule has 79 heavy (non-hydrogen) atoms. The number of ether oxygens (including phenoxy) is 4. The molecule has 426 valence electrons. The lowest BCUT2D eigenvalue weighted by molar-refractivity contribution is -0.285. The fourth-order valence-corrected chi connectivity index (χ4v) is 10.1. The first-order valence-electron chi connectivity index (χ1n) is 26.0. The third kappa shape index (κ3) is 17.9. The highest BCUT2D eigenvalue weighted by molar-refractivity contribution is 7.80. The van der Waals surface area contributed by atoms with Crippen molar-refractivity contribution in [3.63, 3.8) is 0 Å². The summed E-state index contributed by atoms with van der Waals surface area (Å²) < 4.78 is 65.4. The smallest absolute Gasteiger partial charge is 0.245 e. The molecule has 8 atom stereocenters. The summed E-state index contributed by atoms with van der Waals surface area (Å²) in [7, 11) is -5.04. The van der Waals surface area contributed by atoms with Crippen molar-refractivity contribution in [2.24, 2.45) is 23.7 Å². The lowest BCUT2D eigenvalue weighted by Crippen LogP contribution is -2.55.